The minimum atomic E-state index is -1.07. The van der Waals surface area contributed by atoms with E-state index in [1.54, 1.807) is 30.3 Å². The van der Waals surface area contributed by atoms with Gasteiger partial charge < -0.3 is 9.52 Å². The summed E-state index contributed by atoms with van der Waals surface area (Å²) in [5.41, 5.74) is 1.41. The van der Waals surface area contributed by atoms with Crippen molar-refractivity contribution in [1.29, 1.82) is 0 Å². The number of carboxylic acids is 1. The third-order valence-corrected chi connectivity index (χ3v) is 3.26. The lowest BCUT2D eigenvalue weighted by atomic mass is 10.1. The fourth-order valence-electron chi connectivity index (χ4n) is 1.62. The number of carbonyl (C=O) groups is 1. The van der Waals surface area contributed by atoms with Crippen LogP contribution in [-0.4, -0.2) is 11.1 Å². The predicted octanol–water partition coefficient (Wildman–Crippen LogP) is 4.75. The molecule has 2 aromatic rings. The lowest BCUT2D eigenvalue weighted by Crippen LogP contribution is -1.98. The van der Waals surface area contributed by atoms with E-state index in [1.165, 1.54) is 0 Å². The Morgan fingerprint density at radius 1 is 1.39 bits per heavy atom. The van der Waals surface area contributed by atoms with Crippen molar-refractivity contribution in [3.63, 3.8) is 0 Å². The molecule has 0 spiro atoms. The highest BCUT2D eigenvalue weighted by molar-refractivity contribution is 9.09. The van der Waals surface area contributed by atoms with Crippen molar-refractivity contribution in [2.45, 2.75) is 11.8 Å². The van der Waals surface area contributed by atoms with Crippen molar-refractivity contribution >= 4 is 33.5 Å². The first-order chi connectivity index (χ1) is 8.49. The molecular weight excluding hydrogens is 319 g/mol. The van der Waals surface area contributed by atoms with E-state index in [0.29, 0.717) is 16.3 Å². The zero-order chi connectivity index (χ0) is 13.3. The zero-order valence-electron chi connectivity index (χ0n) is 9.48. The molecule has 0 bridgehead atoms. The summed E-state index contributed by atoms with van der Waals surface area (Å²) in [6.45, 7) is 1.85. The second-order valence-corrected chi connectivity index (χ2v) is 5.63. The maximum absolute atomic E-state index is 11.1. The van der Waals surface area contributed by atoms with Crippen molar-refractivity contribution in [3.8, 4) is 11.3 Å². The van der Waals surface area contributed by atoms with E-state index in [0.717, 1.165) is 5.56 Å². The maximum atomic E-state index is 11.1. The van der Waals surface area contributed by atoms with Crippen LogP contribution in [0.2, 0.25) is 5.02 Å². The molecular formula is C13H10BrClO3. The zero-order valence-corrected chi connectivity index (χ0v) is 11.8. The monoisotopic (exact) mass is 328 g/mol. The van der Waals surface area contributed by atoms with Crippen LogP contribution in [0.1, 0.15) is 27.9 Å². The molecule has 0 aliphatic rings. The van der Waals surface area contributed by atoms with Crippen LogP contribution in [0, 0.1) is 0 Å². The largest absolute Gasteiger partial charge is 0.475 e. The van der Waals surface area contributed by atoms with E-state index >= 15 is 0 Å². The van der Waals surface area contributed by atoms with Crippen LogP contribution in [0.4, 0.5) is 0 Å². The maximum Gasteiger partial charge on any atom is 0.372 e. The van der Waals surface area contributed by atoms with Gasteiger partial charge in [-0.15, -0.1) is 0 Å². The number of rotatable bonds is 3. The summed E-state index contributed by atoms with van der Waals surface area (Å²) in [6.07, 6.45) is 0. The Labute approximate surface area is 118 Å². The predicted molar refractivity (Wildman–Crippen MR) is 73.5 cm³/mol. The average Bonchev–Trinajstić information content (AvgIpc) is 2.75. The Hall–Kier alpha value is -1.26. The molecule has 1 aromatic heterocycles. The highest BCUT2D eigenvalue weighted by atomic mass is 79.9. The van der Waals surface area contributed by atoms with Crippen LogP contribution in [0.15, 0.2) is 34.7 Å². The van der Waals surface area contributed by atoms with E-state index in [-0.39, 0.29) is 10.6 Å². The molecule has 0 aliphatic carbocycles. The van der Waals surface area contributed by atoms with Gasteiger partial charge in [-0.05, 0) is 37.3 Å². The molecule has 0 saturated heterocycles. The molecule has 94 valence electrons. The fraction of sp³-hybridized carbons (Fsp3) is 0.154. The second kappa shape index (κ2) is 5.16. The third-order valence-electron chi connectivity index (χ3n) is 2.51. The van der Waals surface area contributed by atoms with Crippen LogP contribution < -0.4 is 0 Å². The second-order valence-electron chi connectivity index (χ2n) is 3.82. The Morgan fingerprint density at radius 2 is 2.00 bits per heavy atom. The lowest BCUT2D eigenvalue weighted by molar-refractivity contribution is 0.0662. The van der Waals surface area contributed by atoms with E-state index in [4.69, 9.17) is 21.1 Å². The summed E-state index contributed by atoms with van der Waals surface area (Å²) in [5.74, 6) is -0.591. The SMILES string of the molecule is CC(Br)c1cc(-c2ccc(Cl)cc2)oc1C(=O)O. The lowest BCUT2D eigenvalue weighted by Gasteiger charge is -1.98. The summed E-state index contributed by atoms with van der Waals surface area (Å²) >= 11 is 9.16. The number of furan rings is 1. The number of benzene rings is 1. The normalized spacial score (nSPS) is 12.4. The molecule has 1 atom stereocenters. The Bertz CT molecular complexity index is 572. The van der Waals surface area contributed by atoms with Gasteiger partial charge in [0.1, 0.15) is 5.76 Å². The van der Waals surface area contributed by atoms with Gasteiger partial charge in [0.05, 0.1) is 0 Å². The van der Waals surface area contributed by atoms with Crippen molar-refractivity contribution in [1.82, 2.24) is 0 Å². The molecule has 0 radical (unpaired) electrons. The number of alkyl halides is 1. The summed E-state index contributed by atoms with van der Waals surface area (Å²) in [4.78, 5) is 11.0. The Morgan fingerprint density at radius 3 is 2.44 bits per heavy atom. The van der Waals surface area contributed by atoms with Gasteiger partial charge in [-0.2, -0.15) is 0 Å². The van der Waals surface area contributed by atoms with Crippen molar-refractivity contribution in [3.05, 3.63) is 46.7 Å². The molecule has 0 amide bonds. The molecule has 18 heavy (non-hydrogen) atoms. The van der Waals surface area contributed by atoms with E-state index < -0.39 is 5.97 Å². The van der Waals surface area contributed by atoms with Gasteiger partial charge in [0.15, 0.2) is 0 Å². The molecule has 1 aromatic carbocycles. The molecule has 3 nitrogen and oxygen atoms in total. The van der Waals surface area contributed by atoms with Crippen LogP contribution in [0.25, 0.3) is 11.3 Å². The fourth-order valence-corrected chi connectivity index (χ4v) is 2.09. The summed E-state index contributed by atoms with van der Waals surface area (Å²) in [7, 11) is 0. The molecule has 1 unspecified atom stereocenters. The average molecular weight is 330 g/mol. The molecule has 2 rings (SSSR count). The Balaban J connectivity index is 2.49. The van der Waals surface area contributed by atoms with Crippen molar-refractivity contribution < 1.29 is 14.3 Å². The van der Waals surface area contributed by atoms with Crippen LogP contribution in [-0.2, 0) is 0 Å². The smallest absolute Gasteiger partial charge is 0.372 e. The number of aromatic carboxylic acids is 1. The molecule has 1 N–H and O–H groups in total. The molecule has 0 aliphatic heterocycles. The Kier molecular flexibility index (Phi) is 3.78. The molecule has 5 heteroatoms. The molecule has 0 saturated carbocycles. The van der Waals surface area contributed by atoms with Gasteiger partial charge in [-0.3, -0.25) is 0 Å². The first-order valence-corrected chi connectivity index (χ1v) is 6.55. The molecule has 0 fully saturated rings. The highest BCUT2D eigenvalue weighted by Crippen LogP contribution is 2.33. The first kappa shape index (κ1) is 13.2. The number of hydrogen-bond acceptors (Lipinski definition) is 2. The minimum absolute atomic E-state index is 0.0377. The molecule has 1 heterocycles. The van der Waals surface area contributed by atoms with Gasteiger partial charge >= 0.3 is 5.97 Å². The van der Waals surface area contributed by atoms with E-state index in [2.05, 4.69) is 15.9 Å². The first-order valence-electron chi connectivity index (χ1n) is 5.26. The van der Waals surface area contributed by atoms with Gasteiger partial charge in [0.25, 0.3) is 0 Å². The van der Waals surface area contributed by atoms with Crippen LogP contribution in [0.3, 0.4) is 0 Å². The topological polar surface area (TPSA) is 50.4 Å². The summed E-state index contributed by atoms with van der Waals surface area (Å²) in [5, 5.41) is 9.71. The van der Waals surface area contributed by atoms with Crippen LogP contribution in [0.5, 0.6) is 0 Å². The van der Waals surface area contributed by atoms with E-state index in [9.17, 15) is 4.79 Å². The number of halogens is 2. The highest BCUT2D eigenvalue weighted by Gasteiger charge is 2.21. The van der Waals surface area contributed by atoms with Gasteiger partial charge in [0, 0.05) is 21.0 Å². The van der Waals surface area contributed by atoms with E-state index in [1.807, 2.05) is 6.92 Å². The minimum Gasteiger partial charge on any atom is -0.475 e. The van der Waals surface area contributed by atoms with Crippen molar-refractivity contribution in [2.24, 2.45) is 0 Å². The summed E-state index contributed by atoms with van der Waals surface area (Å²) in [6, 6.07) is 8.77. The quantitative estimate of drug-likeness (QED) is 0.826. The summed E-state index contributed by atoms with van der Waals surface area (Å²) < 4.78 is 5.39. The van der Waals surface area contributed by atoms with Gasteiger partial charge in [-0.25, -0.2) is 4.79 Å². The van der Waals surface area contributed by atoms with Crippen LogP contribution >= 0.6 is 27.5 Å². The number of hydrogen-bond donors (Lipinski definition) is 1. The van der Waals surface area contributed by atoms with Crippen molar-refractivity contribution in [2.75, 3.05) is 0 Å². The van der Waals surface area contributed by atoms with Gasteiger partial charge in [-0.1, -0.05) is 27.5 Å². The van der Waals surface area contributed by atoms with Gasteiger partial charge in [0.2, 0.25) is 5.76 Å². The third kappa shape index (κ3) is 2.60. The standard InChI is InChI=1S/C13H10BrClO3/c1-7(14)10-6-11(18-12(10)13(16)17)8-2-4-9(15)5-3-8/h2-7H,1H3,(H,16,17). The number of carboxylic acid groups (broad SMARTS) is 1.